The minimum Gasteiger partial charge on any atom is -0.467 e. The second kappa shape index (κ2) is 7.73. The molecule has 110 valence electrons. The molecule has 0 fully saturated rings. The van der Waals surface area contributed by atoms with Crippen LogP contribution in [-0.4, -0.2) is 43.0 Å². The van der Waals surface area contributed by atoms with Crippen molar-refractivity contribution in [3.05, 3.63) is 0 Å². The number of carbonyl (C=O) groups excluding carboxylic acids is 3. The number of carbonyl (C=O) groups is 3. The SMILES string of the molecule is COC(=O)[C@H](C)NC(=O)[C@H](C)NC(=O)[C@@H](N)C(C)C. The summed E-state index contributed by atoms with van der Waals surface area (Å²) in [5.41, 5.74) is 5.66. The lowest BCUT2D eigenvalue weighted by Crippen LogP contribution is -2.53. The fourth-order valence-electron chi connectivity index (χ4n) is 1.25. The van der Waals surface area contributed by atoms with Crippen LogP contribution in [0.4, 0.5) is 0 Å². The molecule has 0 spiro atoms. The molecular formula is C12H23N3O4. The molecule has 0 heterocycles. The Morgan fingerprint density at radius 2 is 1.42 bits per heavy atom. The summed E-state index contributed by atoms with van der Waals surface area (Å²) in [5.74, 6) is -1.44. The maximum atomic E-state index is 11.7. The zero-order valence-corrected chi connectivity index (χ0v) is 12.0. The van der Waals surface area contributed by atoms with Crippen LogP contribution in [-0.2, 0) is 19.1 Å². The van der Waals surface area contributed by atoms with Crippen LogP contribution in [0, 0.1) is 5.92 Å². The summed E-state index contributed by atoms with van der Waals surface area (Å²) >= 11 is 0. The average Bonchev–Trinajstić information content (AvgIpc) is 2.35. The van der Waals surface area contributed by atoms with Crippen molar-refractivity contribution in [2.75, 3.05) is 7.11 Å². The highest BCUT2D eigenvalue weighted by atomic mass is 16.5. The van der Waals surface area contributed by atoms with Gasteiger partial charge in [0.1, 0.15) is 12.1 Å². The van der Waals surface area contributed by atoms with Crippen LogP contribution in [0.2, 0.25) is 0 Å². The Hall–Kier alpha value is -1.63. The molecule has 19 heavy (non-hydrogen) atoms. The van der Waals surface area contributed by atoms with Crippen molar-refractivity contribution in [3.8, 4) is 0 Å². The van der Waals surface area contributed by atoms with E-state index in [0.717, 1.165) is 0 Å². The highest BCUT2D eigenvalue weighted by Crippen LogP contribution is 1.99. The number of hydrogen-bond acceptors (Lipinski definition) is 5. The van der Waals surface area contributed by atoms with E-state index in [4.69, 9.17) is 5.73 Å². The standard InChI is InChI=1S/C12H23N3O4/c1-6(2)9(13)11(17)14-7(3)10(16)15-8(4)12(18)19-5/h6-9H,13H2,1-5H3,(H,14,17)(H,15,16)/t7-,8-,9-/m0/s1. The molecule has 3 atom stereocenters. The van der Waals surface area contributed by atoms with Gasteiger partial charge in [-0.25, -0.2) is 4.79 Å². The molecule has 4 N–H and O–H groups in total. The van der Waals surface area contributed by atoms with Gasteiger partial charge in [-0.15, -0.1) is 0 Å². The third-order valence-corrected chi connectivity index (χ3v) is 2.69. The van der Waals surface area contributed by atoms with Gasteiger partial charge in [0, 0.05) is 0 Å². The maximum Gasteiger partial charge on any atom is 0.328 e. The summed E-state index contributed by atoms with van der Waals surface area (Å²) in [6.07, 6.45) is 0. The first kappa shape index (κ1) is 17.4. The molecule has 0 bridgehead atoms. The topological polar surface area (TPSA) is 111 Å². The van der Waals surface area contributed by atoms with Crippen LogP contribution in [0.15, 0.2) is 0 Å². The van der Waals surface area contributed by atoms with Gasteiger partial charge >= 0.3 is 5.97 Å². The molecule has 0 saturated carbocycles. The van der Waals surface area contributed by atoms with E-state index in [9.17, 15) is 14.4 Å². The maximum absolute atomic E-state index is 11.7. The zero-order valence-electron chi connectivity index (χ0n) is 12.0. The molecule has 2 amide bonds. The van der Waals surface area contributed by atoms with E-state index in [-0.39, 0.29) is 5.92 Å². The fraction of sp³-hybridized carbons (Fsp3) is 0.750. The third-order valence-electron chi connectivity index (χ3n) is 2.69. The summed E-state index contributed by atoms with van der Waals surface area (Å²) in [6.45, 7) is 6.64. The number of methoxy groups -OCH3 is 1. The number of rotatable bonds is 6. The van der Waals surface area contributed by atoms with E-state index >= 15 is 0 Å². The van der Waals surface area contributed by atoms with Crippen molar-refractivity contribution in [1.82, 2.24) is 10.6 Å². The second-order valence-electron chi connectivity index (χ2n) is 4.75. The summed E-state index contributed by atoms with van der Waals surface area (Å²) in [4.78, 5) is 34.5. The molecule has 0 saturated heterocycles. The summed E-state index contributed by atoms with van der Waals surface area (Å²) < 4.78 is 4.48. The van der Waals surface area contributed by atoms with E-state index in [1.54, 1.807) is 0 Å². The van der Waals surface area contributed by atoms with Crippen molar-refractivity contribution in [2.45, 2.75) is 45.8 Å². The Morgan fingerprint density at radius 3 is 1.84 bits per heavy atom. The van der Waals surface area contributed by atoms with E-state index in [0.29, 0.717) is 0 Å². The van der Waals surface area contributed by atoms with Gasteiger partial charge in [-0.2, -0.15) is 0 Å². The molecule has 0 aliphatic rings. The molecule has 7 nitrogen and oxygen atoms in total. The van der Waals surface area contributed by atoms with E-state index in [1.165, 1.54) is 21.0 Å². The molecule has 0 aromatic rings. The van der Waals surface area contributed by atoms with Gasteiger partial charge in [0.15, 0.2) is 0 Å². The summed E-state index contributed by atoms with van der Waals surface area (Å²) in [5, 5.41) is 4.93. The molecule has 0 aromatic carbocycles. The summed E-state index contributed by atoms with van der Waals surface area (Å²) in [6, 6.07) is -2.21. The smallest absolute Gasteiger partial charge is 0.328 e. The van der Waals surface area contributed by atoms with E-state index < -0.39 is 35.9 Å². The third kappa shape index (κ3) is 5.69. The van der Waals surface area contributed by atoms with Gasteiger partial charge < -0.3 is 21.1 Å². The monoisotopic (exact) mass is 273 g/mol. The Kier molecular flexibility index (Phi) is 7.06. The van der Waals surface area contributed by atoms with Crippen LogP contribution in [0.5, 0.6) is 0 Å². The van der Waals surface area contributed by atoms with Crippen LogP contribution >= 0.6 is 0 Å². The van der Waals surface area contributed by atoms with Crippen molar-refractivity contribution in [1.29, 1.82) is 0 Å². The highest BCUT2D eigenvalue weighted by molar-refractivity contribution is 5.91. The lowest BCUT2D eigenvalue weighted by Gasteiger charge is -2.20. The van der Waals surface area contributed by atoms with Crippen molar-refractivity contribution in [2.24, 2.45) is 11.7 Å². The molecular weight excluding hydrogens is 250 g/mol. The highest BCUT2D eigenvalue weighted by Gasteiger charge is 2.24. The Labute approximate surface area is 113 Å². The second-order valence-corrected chi connectivity index (χ2v) is 4.75. The molecule has 7 heteroatoms. The van der Waals surface area contributed by atoms with Crippen LogP contribution in [0.1, 0.15) is 27.7 Å². The van der Waals surface area contributed by atoms with Crippen molar-refractivity contribution < 1.29 is 19.1 Å². The molecule has 0 aliphatic carbocycles. The fourth-order valence-corrected chi connectivity index (χ4v) is 1.25. The van der Waals surface area contributed by atoms with Gasteiger partial charge in [0.2, 0.25) is 11.8 Å². The predicted molar refractivity (Wildman–Crippen MR) is 70.0 cm³/mol. The quantitative estimate of drug-likeness (QED) is 0.546. The number of nitrogens with two attached hydrogens (primary N) is 1. The number of nitrogens with one attached hydrogen (secondary N) is 2. The number of hydrogen-bond donors (Lipinski definition) is 3. The van der Waals surface area contributed by atoms with Gasteiger partial charge in [-0.1, -0.05) is 13.8 Å². The van der Waals surface area contributed by atoms with Crippen molar-refractivity contribution in [3.63, 3.8) is 0 Å². The lowest BCUT2D eigenvalue weighted by molar-refractivity contribution is -0.144. The van der Waals surface area contributed by atoms with Crippen LogP contribution in [0.3, 0.4) is 0 Å². The largest absolute Gasteiger partial charge is 0.467 e. The molecule has 0 aromatic heterocycles. The molecule has 0 radical (unpaired) electrons. The van der Waals surface area contributed by atoms with Gasteiger partial charge in [-0.3, -0.25) is 9.59 Å². The minimum absolute atomic E-state index is 0.0238. The molecule has 0 aliphatic heterocycles. The van der Waals surface area contributed by atoms with Gasteiger partial charge in [-0.05, 0) is 19.8 Å². The molecule has 0 unspecified atom stereocenters. The van der Waals surface area contributed by atoms with E-state index in [1.807, 2.05) is 13.8 Å². The van der Waals surface area contributed by atoms with Crippen LogP contribution in [0.25, 0.3) is 0 Å². The number of ether oxygens (including phenoxy) is 1. The van der Waals surface area contributed by atoms with Crippen molar-refractivity contribution >= 4 is 17.8 Å². The normalized spacial score (nSPS) is 15.3. The molecule has 0 rings (SSSR count). The van der Waals surface area contributed by atoms with Gasteiger partial charge in [0.25, 0.3) is 0 Å². The average molecular weight is 273 g/mol. The number of esters is 1. The van der Waals surface area contributed by atoms with Gasteiger partial charge in [0.05, 0.1) is 13.2 Å². The lowest BCUT2D eigenvalue weighted by atomic mass is 10.0. The first-order valence-corrected chi connectivity index (χ1v) is 6.14. The Bertz CT molecular complexity index is 344. The summed E-state index contributed by atoms with van der Waals surface area (Å²) in [7, 11) is 1.23. The Balaban J connectivity index is 4.35. The van der Waals surface area contributed by atoms with Crippen LogP contribution < -0.4 is 16.4 Å². The first-order valence-electron chi connectivity index (χ1n) is 6.14. The Morgan fingerprint density at radius 1 is 0.947 bits per heavy atom. The first-order chi connectivity index (χ1) is 8.70. The number of amides is 2. The minimum atomic E-state index is -0.774. The van der Waals surface area contributed by atoms with E-state index in [2.05, 4.69) is 15.4 Å². The zero-order chi connectivity index (χ0) is 15.2. The predicted octanol–water partition coefficient (Wildman–Crippen LogP) is -0.848.